The molecule has 0 atom stereocenters. The minimum atomic E-state index is -0.423. The minimum Gasteiger partial charge on any atom is -0.502 e. The predicted octanol–water partition coefficient (Wildman–Crippen LogP) is 2.79. The molecule has 1 aliphatic rings. The molecule has 6 heteroatoms. The third-order valence-corrected chi connectivity index (χ3v) is 4.42. The average Bonchev–Trinajstić information content (AvgIpc) is 2.41. The van der Waals surface area contributed by atoms with Crippen LogP contribution in [0.15, 0.2) is 21.5 Å². The quantitative estimate of drug-likeness (QED) is 0.837. The van der Waals surface area contributed by atoms with E-state index in [-0.39, 0.29) is 5.75 Å². The van der Waals surface area contributed by atoms with Gasteiger partial charge in [0.25, 0.3) is 0 Å². The lowest BCUT2D eigenvalue weighted by Gasteiger charge is -2.23. The Kier molecular flexibility index (Phi) is 5.27. The molecule has 2 rings (SSSR count). The van der Waals surface area contributed by atoms with Crippen LogP contribution in [0, 0.1) is 0 Å². The Balaban J connectivity index is 1.79. The van der Waals surface area contributed by atoms with E-state index in [1.165, 1.54) is 49.9 Å². The molecule has 0 aromatic carbocycles. The number of hydrogen-bond donors (Lipinski definition) is 2. The highest BCUT2D eigenvalue weighted by Gasteiger charge is 2.14. The second-order valence-electron chi connectivity index (χ2n) is 4.65. The molecule has 1 saturated carbocycles. The lowest BCUT2D eigenvalue weighted by molar-refractivity contribution is 0.416. The Hall–Kier alpha value is -1.01. The van der Waals surface area contributed by atoms with E-state index in [9.17, 15) is 4.79 Å². The van der Waals surface area contributed by atoms with Gasteiger partial charge in [-0.15, -0.1) is 0 Å². The zero-order chi connectivity index (χ0) is 13.7. The second-order valence-corrected chi connectivity index (χ2v) is 6.30. The van der Waals surface area contributed by atoms with E-state index < -0.39 is 5.43 Å². The minimum absolute atomic E-state index is 0.364. The van der Waals surface area contributed by atoms with Gasteiger partial charge >= 0.3 is 0 Å². The van der Waals surface area contributed by atoms with Crippen LogP contribution in [0.3, 0.4) is 0 Å². The summed E-state index contributed by atoms with van der Waals surface area (Å²) in [5.74, 6) is 0.644. The van der Waals surface area contributed by atoms with Gasteiger partial charge in [0.05, 0.1) is 5.75 Å². The lowest BCUT2D eigenvalue weighted by Crippen LogP contribution is -2.33. The van der Waals surface area contributed by atoms with Crippen LogP contribution in [-0.2, 0) is 5.75 Å². The smallest absolute Gasteiger partial charge is 0.226 e. The Labute approximate surface area is 121 Å². The predicted molar refractivity (Wildman–Crippen MR) is 80.5 cm³/mol. The van der Waals surface area contributed by atoms with E-state index in [0.717, 1.165) is 10.6 Å². The standard InChI is InChI=1S/C13H17NO3S2/c15-11-6-10(17-7-12(11)16)8-19-13(18)14-9-4-2-1-3-5-9/h6-7,9,16H,1-5,8H2,(H,14,18). The molecule has 0 bridgehead atoms. The fraction of sp³-hybridized carbons (Fsp3) is 0.538. The van der Waals surface area contributed by atoms with Crippen molar-refractivity contribution in [2.45, 2.75) is 43.9 Å². The number of thiocarbonyl (C=S) groups is 1. The summed E-state index contributed by atoms with van der Waals surface area (Å²) < 4.78 is 5.86. The van der Waals surface area contributed by atoms with Gasteiger partial charge in [0.15, 0.2) is 5.75 Å². The Morgan fingerprint density at radius 1 is 1.47 bits per heavy atom. The van der Waals surface area contributed by atoms with Crippen molar-refractivity contribution in [3.63, 3.8) is 0 Å². The normalized spacial score (nSPS) is 16.2. The summed E-state index contributed by atoms with van der Waals surface area (Å²) in [6.45, 7) is 0. The molecule has 4 nitrogen and oxygen atoms in total. The van der Waals surface area contributed by atoms with Gasteiger partial charge in [-0.05, 0) is 12.8 Å². The van der Waals surface area contributed by atoms with Crippen LogP contribution in [0.2, 0.25) is 0 Å². The van der Waals surface area contributed by atoms with E-state index in [1.54, 1.807) is 0 Å². The van der Waals surface area contributed by atoms with Gasteiger partial charge in [-0.1, -0.05) is 43.2 Å². The van der Waals surface area contributed by atoms with Crippen molar-refractivity contribution >= 4 is 28.3 Å². The van der Waals surface area contributed by atoms with Crippen molar-refractivity contribution in [2.75, 3.05) is 0 Å². The van der Waals surface area contributed by atoms with Crippen LogP contribution < -0.4 is 10.7 Å². The molecule has 0 amide bonds. The van der Waals surface area contributed by atoms with Gasteiger partial charge in [0.2, 0.25) is 5.43 Å². The molecule has 1 aromatic heterocycles. The third-order valence-electron chi connectivity index (χ3n) is 3.14. The largest absolute Gasteiger partial charge is 0.502 e. The maximum absolute atomic E-state index is 11.2. The van der Waals surface area contributed by atoms with Crippen LogP contribution >= 0.6 is 24.0 Å². The van der Waals surface area contributed by atoms with Crippen LogP contribution in [0.5, 0.6) is 5.75 Å². The monoisotopic (exact) mass is 299 g/mol. The molecule has 1 aromatic rings. The van der Waals surface area contributed by atoms with Gasteiger partial charge in [0, 0.05) is 12.1 Å². The maximum atomic E-state index is 11.2. The molecule has 2 N–H and O–H groups in total. The number of nitrogens with one attached hydrogen (secondary N) is 1. The molecule has 0 aliphatic heterocycles. The Bertz CT molecular complexity index is 495. The third kappa shape index (κ3) is 4.54. The maximum Gasteiger partial charge on any atom is 0.226 e. The fourth-order valence-corrected chi connectivity index (χ4v) is 3.13. The van der Waals surface area contributed by atoms with E-state index in [2.05, 4.69) is 5.32 Å². The SMILES string of the molecule is O=c1cc(CSC(=S)NC2CCCCC2)occ1O. The molecule has 104 valence electrons. The average molecular weight is 299 g/mol. The highest BCUT2D eigenvalue weighted by molar-refractivity contribution is 8.22. The van der Waals surface area contributed by atoms with Gasteiger partial charge < -0.3 is 14.8 Å². The van der Waals surface area contributed by atoms with Crippen molar-refractivity contribution in [3.8, 4) is 5.75 Å². The van der Waals surface area contributed by atoms with E-state index in [4.69, 9.17) is 21.7 Å². The Morgan fingerprint density at radius 3 is 2.89 bits per heavy atom. The lowest BCUT2D eigenvalue weighted by atomic mass is 9.96. The first-order valence-corrected chi connectivity index (χ1v) is 7.78. The highest BCUT2D eigenvalue weighted by atomic mass is 32.2. The first-order valence-electron chi connectivity index (χ1n) is 6.39. The zero-order valence-corrected chi connectivity index (χ0v) is 12.2. The summed E-state index contributed by atoms with van der Waals surface area (Å²) in [4.78, 5) is 11.2. The molecule has 1 fully saturated rings. The highest BCUT2D eigenvalue weighted by Crippen LogP contribution is 2.20. The zero-order valence-electron chi connectivity index (χ0n) is 10.6. The summed E-state index contributed by atoms with van der Waals surface area (Å²) in [5.41, 5.74) is -0.423. The fourth-order valence-electron chi connectivity index (χ4n) is 2.11. The summed E-state index contributed by atoms with van der Waals surface area (Å²) >= 11 is 6.72. The van der Waals surface area contributed by atoms with Crippen LogP contribution in [0.4, 0.5) is 0 Å². The Morgan fingerprint density at radius 2 is 2.21 bits per heavy atom. The van der Waals surface area contributed by atoms with Gasteiger partial charge in [-0.3, -0.25) is 4.79 Å². The molecule has 1 aliphatic carbocycles. The first-order chi connectivity index (χ1) is 9.15. The van der Waals surface area contributed by atoms with Gasteiger partial charge in [-0.2, -0.15) is 0 Å². The van der Waals surface area contributed by atoms with Crippen molar-refractivity contribution in [3.05, 3.63) is 28.3 Å². The summed E-state index contributed by atoms with van der Waals surface area (Å²) in [6.07, 6.45) is 7.26. The molecule has 0 unspecified atom stereocenters. The van der Waals surface area contributed by atoms with Crippen molar-refractivity contribution < 1.29 is 9.52 Å². The van der Waals surface area contributed by atoms with Crippen LogP contribution in [-0.4, -0.2) is 15.5 Å². The topological polar surface area (TPSA) is 62.5 Å². The van der Waals surface area contributed by atoms with Gasteiger partial charge in [0.1, 0.15) is 16.3 Å². The number of rotatable bonds is 3. The van der Waals surface area contributed by atoms with Crippen molar-refractivity contribution in [2.24, 2.45) is 0 Å². The molecule has 0 spiro atoms. The van der Waals surface area contributed by atoms with E-state index >= 15 is 0 Å². The molecule has 0 radical (unpaired) electrons. The van der Waals surface area contributed by atoms with E-state index in [1.807, 2.05) is 0 Å². The van der Waals surface area contributed by atoms with Crippen molar-refractivity contribution in [1.82, 2.24) is 5.32 Å². The molecular formula is C13H17NO3S2. The summed E-state index contributed by atoms with van der Waals surface area (Å²) in [5, 5.41) is 12.4. The molecular weight excluding hydrogens is 282 g/mol. The van der Waals surface area contributed by atoms with Crippen molar-refractivity contribution in [1.29, 1.82) is 0 Å². The first kappa shape index (κ1) is 14.4. The summed E-state index contributed by atoms with van der Waals surface area (Å²) in [7, 11) is 0. The second kappa shape index (κ2) is 6.96. The number of thioether (sulfide) groups is 1. The van der Waals surface area contributed by atoms with Gasteiger partial charge in [-0.25, -0.2) is 0 Å². The van der Waals surface area contributed by atoms with Crippen LogP contribution in [0.1, 0.15) is 37.9 Å². The molecule has 19 heavy (non-hydrogen) atoms. The number of aromatic hydroxyl groups is 1. The molecule has 0 saturated heterocycles. The summed E-state index contributed by atoms with van der Waals surface area (Å²) in [6, 6.07) is 1.78. The number of hydrogen-bond acceptors (Lipinski definition) is 5. The molecule has 1 heterocycles. The van der Waals surface area contributed by atoms with E-state index in [0.29, 0.717) is 17.6 Å². The van der Waals surface area contributed by atoms with Crippen LogP contribution in [0.25, 0.3) is 0 Å².